The fourth-order valence-electron chi connectivity index (χ4n) is 2.06. The van der Waals surface area contributed by atoms with Gasteiger partial charge >= 0.3 is 0 Å². The second-order valence-electron chi connectivity index (χ2n) is 4.70. The Balaban J connectivity index is 1.73. The molecule has 21 heavy (non-hydrogen) atoms. The van der Waals surface area contributed by atoms with Crippen molar-refractivity contribution in [3.05, 3.63) is 40.9 Å². The maximum atomic E-state index is 12.2. The van der Waals surface area contributed by atoms with E-state index >= 15 is 0 Å². The number of hydrogen-bond acceptors (Lipinski definition) is 6. The number of fused-ring (bicyclic) bond motifs is 1. The minimum Gasteiger partial charge on any atom is -0.397 e. The lowest BCUT2D eigenvalue weighted by Gasteiger charge is -2.02. The molecule has 0 bridgehead atoms. The molecule has 0 unspecified atom stereocenters. The molecule has 0 aliphatic carbocycles. The molecule has 0 atom stereocenters. The van der Waals surface area contributed by atoms with E-state index in [-0.39, 0.29) is 5.91 Å². The van der Waals surface area contributed by atoms with Gasteiger partial charge in [0.2, 0.25) is 6.39 Å². The van der Waals surface area contributed by atoms with Gasteiger partial charge in [-0.15, -0.1) is 11.3 Å². The van der Waals surface area contributed by atoms with Gasteiger partial charge < -0.3 is 15.6 Å². The summed E-state index contributed by atoms with van der Waals surface area (Å²) < 4.78 is 5.66. The molecule has 1 amide bonds. The van der Waals surface area contributed by atoms with E-state index < -0.39 is 0 Å². The van der Waals surface area contributed by atoms with Crippen LogP contribution in [0.2, 0.25) is 0 Å². The van der Waals surface area contributed by atoms with Crippen LogP contribution in [0.25, 0.3) is 10.1 Å². The highest BCUT2D eigenvalue weighted by molar-refractivity contribution is 7.21. The first-order valence-electron chi connectivity index (χ1n) is 6.47. The van der Waals surface area contributed by atoms with E-state index in [1.54, 1.807) is 0 Å². The first-order chi connectivity index (χ1) is 10.1. The van der Waals surface area contributed by atoms with E-state index in [0.717, 1.165) is 15.6 Å². The third-order valence-corrected chi connectivity index (χ3v) is 4.30. The molecular weight excluding hydrogens is 288 g/mol. The molecule has 7 heteroatoms. The Labute approximate surface area is 125 Å². The molecule has 108 valence electrons. The highest BCUT2D eigenvalue weighted by Crippen LogP contribution is 2.34. The number of nitrogens with one attached hydrogen (secondary N) is 1. The van der Waals surface area contributed by atoms with Crippen molar-refractivity contribution in [2.45, 2.75) is 13.3 Å². The standard InChI is InChI=1S/C14H14N4O2S/c1-8-2-3-9-10(6-8)21-13(12(9)15)14(19)16-5-4-11-17-7-20-18-11/h2-3,6-7H,4-5,15H2,1H3,(H,16,19). The normalized spacial score (nSPS) is 10.9. The molecular formula is C14H14N4O2S. The molecule has 0 saturated carbocycles. The van der Waals surface area contributed by atoms with Crippen LogP contribution in [0.15, 0.2) is 29.1 Å². The Morgan fingerprint density at radius 3 is 3.10 bits per heavy atom. The SMILES string of the molecule is Cc1ccc2c(N)c(C(=O)NCCc3ncon3)sc2c1. The maximum Gasteiger partial charge on any atom is 0.263 e. The van der Waals surface area contributed by atoms with Gasteiger partial charge in [0, 0.05) is 23.1 Å². The number of amides is 1. The maximum absolute atomic E-state index is 12.2. The van der Waals surface area contributed by atoms with Gasteiger partial charge in [0.1, 0.15) is 4.88 Å². The summed E-state index contributed by atoms with van der Waals surface area (Å²) in [6, 6.07) is 5.97. The van der Waals surface area contributed by atoms with E-state index in [9.17, 15) is 4.79 Å². The number of anilines is 1. The van der Waals surface area contributed by atoms with Crippen molar-refractivity contribution in [2.75, 3.05) is 12.3 Å². The Kier molecular flexibility index (Phi) is 3.57. The summed E-state index contributed by atoms with van der Waals surface area (Å²) in [5.74, 6) is 0.394. The van der Waals surface area contributed by atoms with E-state index in [1.165, 1.54) is 17.7 Å². The average Bonchev–Trinajstić information content (AvgIpc) is 3.07. The number of carbonyl (C=O) groups is 1. The predicted octanol–water partition coefficient (Wildman–Crippen LogP) is 2.15. The Morgan fingerprint density at radius 2 is 2.33 bits per heavy atom. The van der Waals surface area contributed by atoms with E-state index in [4.69, 9.17) is 5.73 Å². The van der Waals surface area contributed by atoms with Crippen molar-refractivity contribution >= 4 is 33.0 Å². The molecule has 3 rings (SSSR count). The number of nitrogens with two attached hydrogens (primary N) is 1. The molecule has 3 N–H and O–H groups in total. The predicted molar refractivity (Wildman–Crippen MR) is 81.3 cm³/mol. The Bertz CT molecular complexity index is 780. The monoisotopic (exact) mass is 302 g/mol. The first-order valence-corrected chi connectivity index (χ1v) is 7.29. The van der Waals surface area contributed by atoms with Gasteiger partial charge in [0.15, 0.2) is 5.82 Å². The number of aryl methyl sites for hydroxylation is 1. The van der Waals surface area contributed by atoms with Gasteiger partial charge in [-0.25, -0.2) is 0 Å². The third kappa shape index (κ3) is 2.73. The quantitative estimate of drug-likeness (QED) is 0.770. The number of rotatable bonds is 4. The summed E-state index contributed by atoms with van der Waals surface area (Å²) in [6.07, 6.45) is 1.79. The van der Waals surface area contributed by atoms with Gasteiger partial charge in [0.05, 0.1) is 5.69 Å². The summed E-state index contributed by atoms with van der Waals surface area (Å²) in [7, 11) is 0. The van der Waals surface area contributed by atoms with Gasteiger partial charge in [-0.2, -0.15) is 4.98 Å². The Morgan fingerprint density at radius 1 is 1.48 bits per heavy atom. The largest absolute Gasteiger partial charge is 0.397 e. The number of benzene rings is 1. The van der Waals surface area contributed by atoms with E-state index in [2.05, 4.69) is 20.0 Å². The molecule has 0 fully saturated rings. The van der Waals surface area contributed by atoms with Crippen molar-refractivity contribution in [2.24, 2.45) is 0 Å². The summed E-state index contributed by atoms with van der Waals surface area (Å²) in [5.41, 5.74) is 7.75. The lowest BCUT2D eigenvalue weighted by atomic mass is 10.1. The molecule has 2 heterocycles. The van der Waals surface area contributed by atoms with Gasteiger partial charge in [-0.1, -0.05) is 17.3 Å². The summed E-state index contributed by atoms with van der Waals surface area (Å²) in [5, 5.41) is 7.44. The van der Waals surface area contributed by atoms with Crippen LogP contribution in [0.1, 0.15) is 21.1 Å². The van der Waals surface area contributed by atoms with E-state index in [0.29, 0.717) is 29.4 Å². The van der Waals surface area contributed by atoms with Crippen molar-refractivity contribution in [1.82, 2.24) is 15.5 Å². The minimum absolute atomic E-state index is 0.171. The fraction of sp³-hybridized carbons (Fsp3) is 0.214. The topological polar surface area (TPSA) is 94.0 Å². The third-order valence-electron chi connectivity index (χ3n) is 3.13. The molecule has 6 nitrogen and oxygen atoms in total. The molecule has 0 spiro atoms. The van der Waals surface area contributed by atoms with Crippen molar-refractivity contribution in [3.8, 4) is 0 Å². The molecule has 0 saturated heterocycles. The van der Waals surface area contributed by atoms with Crippen LogP contribution in [-0.4, -0.2) is 22.6 Å². The van der Waals surface area contributed by atoms with Crippen molar-refractivity contribution < 1.29 is 9.32 Å². The number of carbonyl (C=O) groups excluding carboxylic acids is 1. The van der Waals surface area contributed by atoms with Crippen LogP contribution in [0.3, 0.4) is 0 Å². The van der Waals surface area contributed by atoms with Crippen LogP contribution in [-0.2, 0) is 6.42 Å². The van der Waals surface area contributed by atoms with Crippen LogP contribution in [0.5, 0.6) is 0 Å². The van der Waals surface area contributed by atoms with Gasteiger partial charge in [-0.3, -0.25) is 4.79 Å². The van der Waals surface area contributed by atoms with Gasteiger partial charge in [0.25, 0.3) is 5.91 Å². The lowest BCUT2D eigenvalue weighted by Crippen LogP contribution is -2.25. The van der Waals surface area contributed by atoms with Crippen LogP contribution < -0.4 is 11.1 Å². The number of hydrogen-bond donors (Lipinski definition) is 2. The van der Waals surface area contributed by atoms with Crippen molar-refractivity contribution in [1.29, 1.82) is 0 Å². The zero-order valence-corrected chi connectivity index (χ0v) is 12.2. The van der Waals surface area contributed by atoms with E-state index in [1.807, 2.05) is 25.1 Å². The second kappa shape index (κ2) is 5.53. The number of nitrogens with zero attached hydrogens (tertiary/aromatic N) is 2. The second-order valence-corrected chi connectivity index (χ2v) is 5.75. The van der Waals surface area contributed by atoms with Crippen molar-refractivity contribution in [3.63, 3.8) is 0 Å². The summed E-state index contributed by atoms with van der Waals surface area (Å²) in [6.45, 7) is 2.45. The molecule has 1 aromatic carbocycles. The summed E-state index contributed by atoms with van der Waals surface area (Å²) >= 11 is 1.41. The molecule has 2 aromatic heterocycles. The minimum atomic E-state index is -0.171. The zero-order valence-electron chi connectivity index (χ0n) is 11.4. The van der Waals surface area contributed by atoms with Crippen LogP contribution in [0.4, 0.5) is 5.69 Å². The molecule has 3 aromatic rings. The first kappa shape index (κ1) is 13.6. The highest BCUT2D eigenvalue weighted by Gasteiger charge is 2.16. The molecule has 0 radical (unpaired) electrons. The Hall–Kier alpha value is -2.41. The number of thiophene rings is 1. The zero-order chi connectivity index (χ0) is 14.8. The average molecular weight is 302 g/mol. The fourth-order valence-corrected chi connectivity index (χ4v) is 3.20. The van der Waals surface area contributed by atoms with Crippen LogP contribution in [0, 0.1) is 6.92 Å². The summed E-state index contributed by atoms with van der Waals surface area (Å²) in [4.78, 5) is 16.6. The van der Waals surface area contributed by atoms with Crippen LogP contribution >= 0.6 is 11.3 Å². The number of aromatic nitrogens is 2. The molecule has 0 aliphatic rings. The van der Waals surface area contributed by atoms with Gasteiger partial charge in [-0.05, 0) is 18.6 Å². The molecule has 0 aliphatic heterocycles. The number of nitrogen functional groups attached to an aromatic ring is 1. The highest BCUT2D eigenvalue weighted by atomic mass is 32.1. The lowest BCUT2D eigenvalue weighted by molar-refractivity contribution is 0.0959. The smallest absolute Gasteiger partial charge is 0.263 e.